The Balaban J connectivity index is 1.92. The maximum Gasteiger partial charge on any atom is 0.293 e. The molecule has 3 rings (SSSR count). The fourth-order valence-electron chi connectivity index (χ4n) is 3.71. The largest absolute Gasteiger partial charge is 0.383 e. The first-order valence-corrected chi connectivity index (χ1v) is 9.76. The number of aromatic amines is 1. The van der Waals surface area contributed by atoms with Gasteiger partial charge >= 0.3 is 0 Å². The third-order valence-corrected chi connectivity index (χ3v) is 5.44. The lowest BCUT2D eigenvalue weighted by molar-refractivity contribution is -0.383. The van der Waals surface area contributed by atoms with E-state index in [1.807, 2.05) is 11.9 Å². The van der Waals surface area contributed by atoms with E-state index >= 15 is 0 Å². The minimum absolute atomic E-state index is 0.0918. The van der Waals surface area contributed by atoms with Crippen molar-refractivity contribution < 1.29 is 9.72 Å². The molecule has 1 heterocycles. The van der Waals surface area contributed by atoms with E-state index in [4.69, 9.17) is 0 Å². The van der Waals surface area contributed by atoms with Crippen LogP contribution in [0.3, 0.4) is 0 Å². The summed E-state index contributed by atoms with van der Waals surface area (Å²) in [6, 6.07) is 3.07. The van der Waals surface area contributed by atoms with Gasteiger partial charge in [-0.3, -0.25) is 14.9 Å². The van der Waals surface area contributed by atoms with Crippen LogP contribution in [0.2, 0.25) is 0 Å². The summed E-state index contributed by atoms with van der Waals surface area (Å²) in [5.74, 6) is 1.00. The molecule has 0 atom stereocenters. The molecule has 10 nitrogen and oxygen atoms in total. The molecular formula is C19H27N7O3. The quantitative estimate of drug-likeness (QED) is 0.480. The zero-order chi connectivity index (χ0) is 21.0. The highest BCUT2D eigenvalue weighted by molar-refractivity contribution is 6.02. The molecule has 0 saturated heterocycles. The molecule has 1 aliphatic carbocycles. The van der Waals surface area contributed by atoms with E-state index in [0.29, 0.717) is 29.7 Å². The number of nitrogens with zero attached hydrogens (tertiary/aromatic N) is 4. The lowest BCUT2D eigenvalue weighted by Crippen LogP contribution is -2.38. The van der Waals surface area contributed by atoms with Crippen LogP contribution in [-0.2, 0) is 6.54 Å². The normalized spacial score (nSPS) is 18.9. The van der Waals surface area contributed by atoms with Crippen LogP contribution in [0, 0.1) is 16.0 Å². The number of hydrogen-bond donors (Lipinski definition) is 3. The molecule has 1 fully saturated rings. The van der Waals surface area contributed by atoms with Gasteiger partial charge in [-0.25, -0.2) is 0 Å². The molecule has 1 aromatic heterocycles. The van der Waals surface area contributed by atoms with Gasteiger partial charge in [0.15, 0.2) is 0 Å². The van der Waals surface area contributed by atoms with Crippen molar-refractivity contribution in [2.24, 2.45) is 5.92 Å². The van der Waals surface area contributed by atoms with Crippen molar-refractivity contribution in [1.82, 2.24) is 20.5 Å². The van der Waals surface area contributed by atoms with Crippen LogP contribution in [0.5, 0.6) is 0 Å². The Labute approximate surface area is 169 Å². The zero-order valence-corrected chi connectivity index (χ0v) is 16.9. The molecule has 1 saturated carbocycles. The molecule has 156 valence electrons. The van der Waals surface area contributed by atoms with E-state index < -0.39 is 4.92 Å². The molecule has 3 N–H and O–H groups in total. The van der Waals surface area contributed by atoms with Crippen LogP contribution in [0.25, 0.3) is 0 Å². The molecule has 10 heteroatoms. The van der Waals surface area contributed by atoms with Gasteiger partial charge in [-0.05, 0) is 37.7 Å². The van der Waals surface area contributed by atoms with E-state index in [1.54, 1.807) is 13.1 Å². The Hall–Kier alpha value is -3.17. The highest BCUT2D eigenvalue weighted by Gasteiger charge is 2.26. The van der Waals surface area contributed by atoms with Crippen LogP contribution < -0.4 is 15.5 Å². The van der Waals surface area contributed by atoms with E-state index in [9.17, 15) is 14.9 Å². The van der Waals surface area contributed by atoms with Gasteiger partial charge in [0.25, 0.3) is 11.6 Å². The number of nitrogens with one attached hydrogen (secondary N) is 3. The number of anilines is 2. The van der Waals surface area contributed by atoms with Crippen LogP contribution in [0.1, 0.15) is 48.8 Å². The van der Waals surface area contributed by atoms with Crippen molar-refractivity contribution in [3.63, 3.8) is 0 Å². The van der Waals surface area contributed by atoms with Gasteiger partial charge in [-0.1, -0.05) is 6.92 Å². The summed E-state index contributed by atoms with van der Waals surface area (Å²) in [6.07, 6.45) is 5.47. The average Bonchev–Trinajstić information content (AvgIpc) is 3.21. The Morgan fingerprint density at radius 2 is 2.07 bits per heavy atom. The minimum atomic E-state index is -0.481. The number of H-pyrrole nitrogens is 1. The van der Waals surface area contributed by atoms with Crippen LogP contribution in [0.15, 0.2) is 18.5 Å². The van der Waals surface area contributed by atoms with E-state index in [2.05, 4.69) is 32.7 Å². The topological polar surface area (TPSA) is 129 Å². The molecule has 2 aromatic rings. The van der Waals surface area contributed by atoms with Crippen molar-refractivity contribution in [1.29, 1.82) is 0 Å². The van der Waals surface area contributed by atoms with Crippen molar-refractivity contribution in [3.05, 3.63) is 40.0 Å². The lowest BCUT2D eigenvalue weighted by Gasteiger charge is -2.28. The summed E-state index contributed by atoms with van der Waals surface area (Å²) < 4.78 is 0. The Morgan fingerprint density at radius 1 is 1.34 bits per heavy atom. The van der Waals surface area contributed by atoms with Crippen molar-refractivity contribution >= 4 is 23.0 Å². The zero-order valence-electron chi connectivity index (χ0n) is 16.9. The molecule has 0 aliphatic heterocycles. The number of nitro benzene ring substituents is 1. The number of hydrogen-bond acceptors (Lipinski definition) is 7. The van der Waals surface area contributed by atoms with Gasteiger partial charge in [0.2, 0.25) is 0 Å². The summed E-state index contributed by atoms with van der Waals surface area (Å²) in [6.45, 7) is 2.59. The number of rotatable bonds is 7. The number of carbonyl (C=O) groups is 1. The summed E-state index contributed by atoms with van der Waals surface area (Å²) in [7, 11) is 3.42. The summed E-state index contributed by atoms with van der Waals surface area (Å²) in [4.78, 5) is 28.9. The first kappa shape index (κ1) is 20.6. The van der Waals surface area contributed by atoms with Gasteiger partial charge in [-0.15, -0.1) is 10.2 Å². The average molecular weight is 401 g/mol. The molecule has 0 unspecified atom stereocenters. The molecule has 1 aromatic carbocycles. The Morgan fingerprint density at radius 3 is 2.66 bits per heavy atom. The highest BCUT2D eigenvalue weighted by atomic mass is 16.6. The predicted octanol–water partition coefficient (Wildman–Crippen LogP) is 2.70. The molecular weight excluding hydrogens is 374 g/mol. The van der Waals surface area contributed by atoms with E-state index in [1.165, 1.54) is 12.4 Å². The van der Waals surface area contributed by atoms with Crippen LogP contribution >= 0.6 is 0 Å². The lowest BCUT2D eigenvalue weighted by atomic mass is 9.87. The number of nitro groups is 1. The maximum absolute atomic E-state index is 13.1. The van der Waals surface area contributed by atoms with Crippen molar-refractivity contribution in [2.75, 3.05) is 24.3 Å². The van der Waals surface area contributed by atoms with Crippen LogP contribution in [0.4, 0.5) is 17.1 Å². The number of carbonyl (C=O) groups excluding carboxylic acids is 1. The second-order valence-corrected chi connectivity index (χ2v) is 7.62. The van der Waals surface area contributed by atoms with Gasteiger partial charge in [0, 0.05) is 26.2 Å². The summed E-state index contributed by atoms with van der Waals surface area (Å²) >= 11 is 0. The minimum Gasteiger partial charge on any atom is -0.383 e. The van der Waals surface area contributed by atoms with E-state index in [-0.39, 0.29) is 23.2 Å². The summed E-state index contributed by atoms with van der Waals surface area (Å²) in [5.41, 5.74) is 1.07. The Bertz CT molecular complexity index is 861. The van der Waals surface area contributed by atoms with Gasteiger partial charge in [0.05, 0.1) is 22.7 Å². The predicted molar refractivity (Wildman–Crippen MR) is 110 cm³/mol. The number of aromatic nitrogens is 3. The second kappa shape index (κ2) is 8.89. The molecule has 0 spiro atoms. The molecule has 1 amide bonds. The monoisotopic (exact) mass is 401 g/mol. The fraction of sp³-hybridized carbons (Fsp3) is 0.526. The third kappa shape index (κ3) is 4.82. The van der Waals surface area contributed by atoms with Crippen LogP contribution in [-0.4, -0.2) is 46.1 Å². The maximum atomic E-state index is 13.1. The second-order valence-electron chi connectivity index (χ2n) is 7.62. The highest BCUT2D eigenvalue weighted by Crippen LogP contribution is 2.34. The first-order valence-electron chi connectivity index (χ1n) is 9.76. The summed E-state index contributed by atoms with van der Waals surface area (Å²) in [5, 5.41) is 25.2. The van der Waals surface area contributed by atoms with Gasteiger partial charge in [0.1, 0.15) is 17.8 Å². The number of amides is 1. The first-order chi connectivity index (χ1) is 13.9. The molecule has 29 heavy (non-hydrogen) atoms. The molecule has 0 radical (unpaired) electrons. The molecule has 0 bridgehead atoms. The van der Waals surface area contributed by atoms with Crippen molar-refractivity contribution in [2.45, 2.75) is 45.2 Å². The molecule has 1 aliphatic rings. The standard InChI is InChI=1S/C19H27N7O3/c1-12-4-6-13(7-5-12)23-19(27)14-8-17(26(28)29)15(20-2)9-16(14)25(3)10-18-21-11-22-24-18/h8-9,11-13,20H,4-7,10H2,1-3H3,(H,23,27)(H,21,22,24)/t12-,13-. The third-order valence-electron chi connectivity index (χ3n) is 5.44. The van der Waals surface area contributed by atoms with Gasteiger partial charge in [-0.2, -0.15) is 0 Å². The smallest absolute Gasteiger partial charge is 0.293 e. The van der Waals surface area contributed by atoms with E-state index in [0.717, 1.165) is 25.7 Å². The number of benzene rings is 1. The fourth-order valence-corrected chi connectivity index (χ4v) is 3.71. The Kier molecular flexibility index (Phi) is 6.30. The van der Waals surface area contributed by atoms with Crippen molar-refractivity contribution in [3.8, 4) is 0 Å². The SMILES string of the molecule is CNc1cc(N(C)Cc2nnc[nH]2)c(C(=O)N[C@H]2CC[C@H](C)CC2)cc1[N+](=O)[O-]. The van der Waals surface area contributed by atoms with Gasteiger partial charge < -0.3 is 20.5 Å².